The molecule has 0 amide bonds. The van der Waals surface area contributed by atoms with Crippen LogP contribution in [0.25, 0.3) is 0 Å². The lowest BCUT2D eigenvalue weighted by Crippen LogP contribution is -2.61. The number of carboxylic acid groups (broad SMARTS) is 1. The highest BCUT2D eigenvalue weighted by Gasteiger charge is 2.50. The van der Waals surface area contributed by atoms with Gasteiger partial charge >= 0.3 is 5.97 Å². The number of aliphatic carboxylic acids is 1. The van der Waals surface area contributed by atoms with E-state index in [-0.39, 0.29) is 12.2 Å². The molecule has 0 radical (unpaired) electrons. The topological polar surface area (TPSA) is 75.1 Å². The Balaban J connectivity index is 1.20. The van der Waals surface area contributed by atoms with Crippen molar-refractivity contribution in [2.24, 2.45) is 11.3 Å². The molecular formula is C27H32Cl3N3O4. The summed E-state index contributed by atoms with van der Waals surface area (Å²) in [5.41, 5.74) is 0.954. The number of carbonyl (C=O) groups is 1. The third-order valence-electron chi connectivity index (χ3n) is 8.07. The zero-order valence-electron chi connectivity index (χ0n) is 21.2. The van der Waals surface area contributed by atoms with Crippen LogP contribution in [0, 0.1) is 18.3 Å². The second-order valence-corrected chi connectivity index (χ2v) is 12.0. The summed E-state index contributed by atoms with van der Waals surface area (Å²) in [4.78, 5) is 20.8. The Hall–Kier alpha value is -1.77. The fourth-order valence-electron chi connectivity index (χ4n) is 5.61. The standard InChI is InChI=1S/C27H32Cl3N3O4/c1-15-25(30)22(37-16(2)20-5-4-18(28)8-21(20)29)9-24(31-15)33-12-17(13-33)23-14-32(6-7-36-23)19-10-27(3,11-19)26(34)35/h4-5,8-9,16-17,19,23H,6-7,10-14H2,1-3H3,(H,34,35)/t16-,19?,23+,27?/m1/s1. The van der Waals surface area contributed by atoms with Crippen molar-refractivity contribution in [2.75, 3.05) is 37.7 Å². The van der Waals surface area contributed by atoms with Gasteiger partial charge in [-0.25, -0.2) is 4.98 Å². The monoisotopic (exact) mass is 567 g/mol. The fraction of sp³-hybridized carbons (Fsp3) is 0.556. The highest BCUT2D eigenvalue weighted by molar-refractivity contribution is 6.35. The molecule has 1 aliphatic carbocycles. The normalized spacial score (nSPS) is 27.4. The molecule has 3 heterocycles. The molecule has 2 aliphatic heterocycles. The van der Waals surface area contributed by atoms with E-state index in [9.17, 15) is 9.90 Å². The zero-order chi connectivity index (χ0) is 26.5. The van der Waals surface area contributed by atoms with Crippen molar-refractivity contribution >= 4 is 46.6 Å². The Kier molecular flexibility index (Phi) is 7.55. The number of morpholine rings is 1. The van der Waals surface area contributed by atoms with Crippen molar-refractivity contribution in [1.82, 2.24) is 9.88 Å². The fourth-order valence-corrected chi connectivity index (χ4v) is 6.31. The Morgan fingerprint density at radius 1 is 1.22 bits per heavy atom. The quantitative estimate of drug-likeness (QED) is 0.447. The summed E-state index contributed by atoms with van der Waals surface area (Å²) in [6, 6.07) is 7.57. The number of aromatic nitrogens is 1. The number of carboxylic acids is 1. The zero-order valence-corrected chi connectivity index (χ0v) is 23.5. The highest BCUT2D eigenvalue weighted by atomic mass is 35.5. The predicted molar refractivity (Wildman–Crippen MR) is 145 cm³/mol. The molecule has 2 atom stereocenters. The maximum absolute atomic E-state index is 11.5. The van der Waals surface area contributed by atoms with Gasteiger partial charge in [0.1, 0.15) is 22.7 Å². The third-order valence-corrected chi connectivity index (χ3v) is 9.09. The van der Waals surface area contributed by atoms with E-state index in [1.54, 1.807) is 12.1 Å². The van der Waals surface area contributed by atoms with Crippen molar-refractivity contribution in [3.8, 4) is 5.75 Å². The number of anilines is 1. The molecule has 2 saturated heterocycles. The number of hydrogen-bond acceptors (Lipinski definition) is 6. The van der Waals surface area contributed by atoms with Gasteiger partial charge in [0.2, 0.25) is 0 Å². The predicted octanol–water partition coefficient (Wildman–Crippen LogP) is 5.88. The molecule has 3 fully saturated rings. The van der Waals surface area contributed by atoms with Gasteiger partial charge in [0.25, 0.3) is 0 Å². The molecule has 200 valence electrons. The van der Waals surface area contributed by atoms with Crippen LogP contribution in [0.2, 0.25) is 15.1 Å². The van der Waals surface area contributed by atoms with E-state index in [0.29, 0.717) is 57.9 Å². The van der Waals surface area contributed by atoms with Crippen molar-refractivity contribution in [2.45, 2.75) is 51.9 Å². The molecule has 1 saturated carbocycles. The van der Waals surface area contributed by atoms with Crippen LogP contribution < -0.4 is 9.64 Å². The molecule has 2 aromatic rings. The number of ether oxygens (including phenoxy) is 2. The van der Waals surface area contributed by atoms with Crippen LogP contribution in [0.15, 0.2) is 24.3 Å². The highest BCUT2D eigenvalue weighted by Crippen LogP contribution is 2.44. The lowest BCUT2D eigenvalue weighted by Gasteiger charge is -2.52. The van der Waals surface area contributed by atoms with Crippen LogP contribution >= 0.6 is 34.8 Å². The Labute approximate surface area is 232 Å². The molecule has 7 nitrogen and oxygen atoms in total. The molecule has 1 aromatic heterocycles. The summed E-state index contributed by atoms with van der Waals surface area (Å²) >= 11 is 19.0. The summed E-state index contributed by atoms with van der Waals surface area (Å²) in [7, 11) is 0. The molecule has 0 bridgehead atoms. The lowest BCUT2D eigenvalue weighted by atomic mass is 9.66. The van der Waals surface area contributed by atoms with Crippen LogP contribution in [-0.4, -0.2) is 65.9 Å². The van der Waals surface area contributed by atoms with Crippen molar-refractivity contribution in [1.29, 1.82) is 0 Å². The Morgan fingerprint density at radius 3 is 2.62 bits per heavy atom. The molecule has 3 aliphatic rings. The number of hydrogen-bond donors (Lipinski definition) is 1. The van der Waals surface area contributed by atoms with E-state index in [1.165, 1.54) is 0 Å². The van der Waals surface area contributed by atoms with Gasteiger partial charge in [-0.1, -0.05) is 40.9 Å². The Bertz CT molecular complexity index is 1180. The van der Waals surface area contributed by atoms with Gasteiger partial charge in [0, 0.05) is 59.8 Å². The Morgan fingerprint density at radius 2 is 1.95 bits per heavy atom. The maximum atomic E-state index is 11.5. The van der Waals surface area contributed by atoms with E-state index >= 15 is 0 Å². The van der Waals surface area contributed by atoms with E-state index in [2.05, 4.69) is 9.80 Å². The first kappa shape index (κ1) is 26.8. The molecule has 0 spiro atoms. The molecule has 10 heteroatoms. The average Bonchev–Trinajstić information content (AvgIpc) is 2.79. The minimum absolute atomic E-state index is 0.137. The third kappa shape index (κ3) is 5.39. The van der Waals surface area contributed by atoms with Crippen molar-refractivity contribution in [3.63, 3.8) is 0 Å². The summed E-state index contributed by atoms with van der Waals surface area (Å²) in [5, 5.41) is 11.0. The summed E-state index contributed by atoms with van der Waals surface area (Å²) < 4.78 is 12.4. The van der Waals surface area contributed by atoms with Gasteiger partial charge in [-0.3, -0.25) is 9.69 Å². The summed E-state index contributed by atoms with van der Waals surface area (Å²) in [6.45, 7) is 9.71. The number of pyridine rings is 1. The smallest absolute Gasteiger partial charge is 0.309 e. The van der Waals surface area contributed by atoms with Gasteiger partial charge in [-0.05, 0) is 45.7 Å². The minimum Gasteiger partial charge on any atom is -0.484 e. The van der Waals surface area contributed by atoms with Crippen LogP contribution in [0.5, 0.6) is 5.75 Å². The second kappa shape index (κ2) is 10.4. The number of rotatable bonds is 7. The maximum Gasteiger partial charge on any atom is 0.309 e. The van der Waals surface area contributed by atoms with Gasteiger partial charge in [0.15, 0.2) is 0 Å². The second-order valence-electron chi connectivity index (χ2n) is 10.8. The first-order chi connectivity index (χ1) is 17.5. The van der Waals surface area contributed by atoms with Crippen LogP contribution in [0.4, 0.5) is 5.82 Å². The van der Waals surface area contributed by atoms with Gasteiger partial charge in [-0.15, -0.1) is 0 Å². The molecule has 1 N–H and O–H groups in total. The number of benzene rings is 1. The van der Waals surface area contributed by atoms with Gasteiger partial charge in [0.05, 0.1) is 23.8 Å². The SMILES string of the molecule is Cc1nc(N2CC([C@@H]3CN(C4CC(C)(C(=O)O)C4)CCO3)C2)cc(O[C@H](C)c2ccc(Cl)cc2Cl)c1Cl. The number of aryl methyl sites for hydroxylation is 1. The van der Waals surface area contributed by atoms with E-state index in [0.717, 1.165) is 37.6 Å². The molecule has 5 rings (SSSR count). The average molecular weight is 569 g/mol. The number of nitrogens with zero attached hydrogens (tertiary/aromatic N) is 3. The van der Waals surface area contributed by atoms with Gasteiger partial charge < -0.3 is 19.5 Å². The van der Waals surface area contributed by atoms with E-state index in [1.807, 2.05) is 32.9 Å². The van der Waals surface area contributed by atoms with E-state index < -0.39 is 11.4 Å². The minimum atomic E-state index is -0.692. The molecular weight excluding hydrogens is 537 g/mol. The van der Waals surface area contributed by atoms with Crippen molar-refractivity contribution < 1.29 is 19.4 Å². The van der Waals surface area contributed by atoms with Crippen LogP contribution in [0.1, 0.15) is 44.1 Å². The van der Waals surface area contributed by atoms with E-state index in [4.69, 9.17) is 49.3 Å². The van der Waals surface area contributed by atoms with Crippen LogP contribution in [0.3, 0.4) is 0 Å². The lowest BCUT2D eigenvalue weighted by molar-refractivity contribution is -0.161. The molecule has 1 aromatic carbocycles. The first-order valence-corrected chi connectivity index (χ1v) is 13.8. The molecule has 37 heavy (non-hydrogen) atoms. The summed E-state index contributed by atoms with van der Waals surface area (Å²) in [6.07, 6.45) is 1.24. The van der Waals surface area contributed by atoms with Crippen molar-refractivity contribution in [3.05, 3.63) is 50.6 Å². The summed E-state index contributed by atoms with van der Waals surface area (Å²) in [5.74, 6) is 1.09. The largest absolute Gasteiger partial charge is 0.484 e. The van der Waals surface area contributed by atoms with Crippen LogP contribution in [-0.2, 0) is 9.53 Å². The first-order valence-electron chi connectivity index (χ1n) is 12.7. The molecule has 0 unspecified atom stereocenters. The number of halogens is 3. The van der Waals surface area contributed by atoms with Gasteiger partial charge in [-0.2, -0.15) is 0 Å².